The van der Waals surface area contributed by atoms with Gasteiger partial charge in [-0.05, 0) is 43.9 Å². The van der Waals surface area contributed by atoms with Crippen LogP contribution >= 0.6 is 0 Å². The first-order valence-electron chi connectivity index (χ1n) is 8.77. The van der Waals surface area contributed by atoms with Gasteiger partial charge in [0.25, 0.3) is 0 Å². The van der Waals surface area contributed by atoms with Gasteiger partial charge in [-0.2, -0.15) is 4.72 Å². The van der Waals surface area contributed by atoms with Crippen LogP contribution in [0.3, 0.4) is 0 Å². The Hall–Kier alpha value is -2.44. The summed E-state index contributed by atoms with van der Waals surface area (Å²) in [6, 6.07) is 12.1. The van der Waals surface area contributed by atoms with E-state index in [1.54, 1.807) is 19.9 Å². The molecule has 0 aliphatic carbocycles. The highest BCUT2D eigenvalue weighted by atomic mass is 32.2. The predicted molar refractivity (Wildman–Crippen MR) is 108 cm³/mol. The van der Waals surface area contributed by atoms with Gasteiger partial charge in [0.2, 0.25) is 15.9 Å². The van der Waals surface area contributed by atoms with E-state index in [9.17, 15) is 13.2 Å². The number of benzene rings is 2. The molecule has 0 spiro atoms. The Morgan fingerprint density at radius 3 is 2.26 bits per heavy atom. The summed E-state index contributed by atoms with van der Waals surface area (Å²) in [6.45, 7) is 9.29. The molecule has 0 radical (unpaired) electrons. The van der Waals surface area contributed by atoms with E-state index in [2.05, 4.69) is 16.6 Å². The van der Waals surface area contributed by atoms with Crippen LogP contribution in [0, 0.1) is 20.8 Å². The molecule has 5 nitrogen and oxygen atoms in total. The van der Waals surface area contributed by atoms with Crippen molar-refractivity contribution in [3.8, 4) is 0 Å². The molecule has 27 heavy (non-hydrogen) atoms. The third-order valence-corrected chi connectivity index (χ3v) is 5.97. The molecule has 0 saturated carbocycles. The molecule has 0 aliphatic rings. The minimum atomic E-state index is -3.86. The highest BCUT2D eigenvalue weighted by molar-refractivity contribution is 7.89. The summed E-state index contributed by atoms with van der Waals surface area (Å²) < 4.78 is 28.7. The zero-order chi connectivity index (χ0) is 20.0. The fraction of sp³-hybridized carbons (Fsp3) is 0.286. The van der Waals surface area contributed by atoms with Gasteiger partial charge in [-0.1, -0.05) is 54.1 Å². The van der Waals surface area contributed by atoms with Crippen molar-refractivity contribution < 1.29 is 13.2 Å². The summed E-state index contributed by atoms with van der Waals surface area (Å²) in [5, 5.41) is 2.68. The fourth-order valence-electron chi connectivity index (χ4n) is 3.17. The minimum Gasteiger partial charge on any atom is -0.351 e. The first kappa shape index (κ1) is 20.9. The third-order valence-electron chi connectivity index (χ3n) is 4.19. The molecule has 0 bridgehead atoms. The van der Waals surface area contributed by atoms with Crippen molar-refractivity contribution in [2.24, 2.45) is 0 Å². The third kappa shape index (κ3) is 5.52. The Morgan fingerprint density at radius 2 is 1.70 bits per heavy atom. The monoisotopic (exact) mass is 386 g/mol. The summed E-state index contributed by atoms with van der Waals surface area (Å²) in [5.41, 5.74) is 3.18. The van der Waals surface area contributed by atoms with Crippen LogP contribution in [0.1, 0.15) is 22.3 Å². The van der Waals surface area contributed by atoms with Crippen molar-refractivity contribution >= 4 is 15.9 Å². The average molecular weight is 387 g/mol. The lowest BCUT2D eigenvalue weighted by Gasteiger charge is -2.20. The zero-order valence-electron chi connectivity index (χ0n) is 16.0. The van der Waals surface area contributed by atoms with Crippen LogP contribution in [0.15, 0.2) is 60.0 Å². The topological polar surface area (TPSA) is 75.3 Å². The van der Waals surface area contributed by atoms with Gasteiger partial charge in [-0.15, -0.1) is 6.58 Å². The Balaban J connectivity index is 2.35. The first-order chi connectivity index (χ1) is 12.7. The highest BCUT2D eigenvalue weighted by Gasteiger charge is 2.28. The molecule has 0 saturated heterocycles. The maximum atomic E-state index is 13.1. The van der Waals surface area contributed by atoms with Crippen LogP contribution in [0.4, 0.5) is 0 Å². The van der Waals surface area contributed by atoms with Gasteiger partial charge in [0.1, 0.15) is 6.04 Å². The molecule has 144 valence electrons. The summed E-state index contributed by atoms with van der Waals surface area (Å²) in [4.78, 5) is 12.8. The summed E-state index contributed by atoms with van der Waals surface area (Å²) >= 11 is 0. The number of nitrogens with one attached hydrogen (secondary N) is 2. The molecule has 2 aromatic carbocycles. The fourth-order valence-corrected chi connectivity index (χ4v) is 4.82. The number of rotatable bonds is 8. The smallest absolute Gasteiger partial charge is 0.241 e. The van der Waals surface area contributed by atoms with Crippen LogP contribution in [0.2, 0.25) is 0 Å². The van der Waals surface area contributed by atoms with Gasteiger partial charge in [-0.25, -0.2) is 8.42 Å². The molecular formula is C21H26N2O3S. The van der Waals surface area contributed by atoms with E-state index in [-0.39, 0.29) is 23.8 Å². The predicted octanol–water partition coefficient (Wildman–Crippen LogP) is 2.80. The van der Waals surface area contributed by atoms with Crippen LogP contribution < -0.4 is 10.0 Å². The maximum Gasteiger partial charge on any atom is 0.241 e. The number of amides is 1. The van der Waals surface area contributed by atoms with Crippen molar-refractivity contribution in [2.75, 3.05) is 6.54 Å². The van der Waals surface area contributed by atoms with E-state index in [0.717, 1.165) is 11.1 Å². The normalized spacial score (nSPS) is 12.4. The van der Waals surface area contributed by atoms with E-state index in [0.29, 0.717) is 11.1 Å². The summed E-state index contributed by atoms with van der Waals surface area (Å²) in [6.07, 6.45) is 1.81. The number of hydrogen-bond acceptors (Lipinski definition) is 3. The standard InChI is InChI=1S/C21H26N2O3S/c1-5-11-22-21(24)19(14-18-9-7-6-8-10-18)23-27(25,26)20-16(3)12-15(2)13-17(20)4/h5-10,12-13,19,23H,1,11,14H2,2-4H3,(H,22,24)/t19-/m0/s1. The Morgan fingerprint density at radius 1 is 1.11 bits per heavy atom. The van der Waals surface area contributed by atoms with Gasteiger partial charge in [-0.3, -0.25) is 4.79 Å². The van der Waals surface area contributed by atoms with E-state index in [1.165, 1.54) is 0 Å². The highest BCUT2D eigenvalue weighted by Crippen LogP contribution is 2.22. The quantitative estimate of drug-likeness (QED) is 0.685. The minimum absolute atomic E-state index is 0.225. The first-order valence-corrected chi connectivity index (χ1v) is 10.3. The van der Waals surface area contributed by atoms with Gasteiger partial charge in [0.15, 0.2) is 0 Å². The number of carbonyl (C=O) groups is 1. The number of sulfonamides is 1. The zero-order valence-corrected chi connectivity index (χ0v) is 16.8. The van der Waals surface area contributed by atoms with Crippen LogP contribution in [-0.2, 0) is 21.2 Å². The molecular weight excluding hydrogens is 360 g/mol. The lowest BCUT2D eigenvalue weighted by Crippen LogP contribution is -2.48. The maximum absolute atomic E-state index is 13.1. The van der Waals surface area contributed by atoms with E-state index in [4.69, 9.17) is 0 Å². The van der Waals surface area contributed by atoms with Crippen molar-refractivity contribution in [3.63, 3.8) is 0 Å². The second-order valence-electron chi connectivity index (χ2n) is 6.63. The second kappa shape index (κ2) is 8.97. The molecule has 0 aromatic heterocycles. The lowest BCUT2D eigenvalue weighted by atomic mass is 10.1. The largest absolute Gasteiger partial charge is 0.351 e. The molecule has 0 aliphatic heterocycles. The van der Waals surface area contributed by atoms with Crippen molar-refractivity contribution in [3.05, 3.63) is 77.4 Å². The molecule has 0 fully saturated rings. The Bertz CT molecular complexity index is 899. The molecule has 0 unspecified atom stereocenters. The van der Waals surface area contributed by atoms with Crippen molar-refractivity contribution in [1.82, 2.24) is 10.0 Å². The van der Waals surface area contributed by atoms with Crippen molar-refractivity contribution in [1.29, 1.82) is 0 Å². The molecule has 2 rings (SSSR count). The molecule has 0 heterocycles. The van der Waals surface area contributed by atoms with Crippen LogP contribution in [0.25, 0.3) is 0 Å². The molecule has 6 heteroatoms. The van der Waals surface area contributed by atoms with Crippen LogP contribution in [0.5, 0.6) is 0 Å². The van der Waals surface area contributed by atoms with E-state index in [1.807, 2.05) is 49.4 Å². The molecule has 1 amide bonds. The van der Waals surface area contributed by atoms with Gasteiger partial charge >= 0.3 is 0 Å². The number of carbonyl (C=O) groups excluding carboxylic acids is 1. The molecule has 1 atom stereocenters. The van der Waals surface area contributed by atoms with Gasteiger partial charge < -0.3 is 5.32 Å². The Kier molecular flexibility index (Phi) is 6.93. The average Bonchev–Trinajstić information content (AvgIpc) is 2.58. The van der Waals surface area contributed by atoms with Crippen LogP contribution in [-0.4, -0.2) is 26.9 Å². The molecule has 2 aromatic rings. The lowest BCUT2D eigenvalue weighted by molar-refractivity contribution is -0.122. The second-order valence-corrected chi connectivity index (χ2v) is 8.28. The SMILES string of the molecule is C=CCNC(=O)[C@H](Cc1ccccc1)NS(=O)(=O)c1c(C)cc(C)cc1C. The Labute approximate surface area is 161 Å². The van der Waals surface area contributed by atoms with Crippen molar-refractivity contribution in [2.45, 2.75) is 38.1 Å². The number of aryl methyl sites for hydroxylation is 3. The summed E-state index contributed by atoms with van der Waals surface area (Å²) in [7, 11) is -3.86. The molecule has 2 N–H and O–H groups in total. The van der Waals surface area contributed by atoms with Gasteiger partial charge in [0.05, 0.1) is 4.90 Å². The summed E-state index contributed by atoms with van der Waals surface area (Å²) in [5.74, 6) is -0.384. The van der Waals surface area contributed by atoms with E-state index >= 15 is 0 Å². The van der Waals surface area contributed by atoms with Gasteiger partial charge in [0, 0.05) is 6.54 Å². The number of hydrogen-bond donors (Lipinski definition) is 2. The van der Waals surface area contributed by atoms with E-state index < -0.39 is 16.1 Å².